The fourth-order valence-electron chi connectivity index (χ4n) is 3.26. The molecule has 0 radical (unpaired) electrons. The summed E-state index contributed by atoms with van der Waals surface area (Å²) in [6, 6.07) is 24.6. The molecule has 2 heterocycles. The molecule has 1 aromatic heterocycles. The van der Waals surface area contributed by atoms with Crippen molar-refractivity contribution in [2.75, 3.05) is 4.90 Å². The minimum Gasteiger partial charge on any atom is -0.306 e. The summed E-state index contributed by atoms with van der Waals surface area (Å²) < 4.78 is 0. The third kappa shape index (κ3) is 3.46. The second-order valence-electron chi connectivity index (χ2n) is 6.70. The summed E-state index contributed by atoms with van der Waals surface area (Å²) in [5.74, 6) is -0.136. The number of nitrogens with zero attached hydrogens (tertiary/aromatic N) is 2. The number of hydrogen-bond acceptors (Lipinski definition) is 4. The molecule has 0 atom stereocenters. The van der Waals surface area contributed by atoms with Crippen molar-refractivity contribution in [2.45, 2.75) is 0 Å². The van der Waals surface area contributed by atoms with Crippen LogP contribution in [0.5, 0.6) is 0 Å². The van der Waals surface area contributed by atoms with Crippen LogP contribution >= 0.6 is 11.8 Å². The number of fused-ring (bicyclic) bond motifs is 1. The zero-order chi connectivity index (χ0) is 20.5. The summed E-state index contributed by atoms with van der Waals surface area (Å²) in [6.07, 6.45) is 1.82. The van der Waals surface area contributed by atoms with Gasteiger partial charge in [0.15, 0.2) is 5.17 Å². The molecule has 6 nitrogen and oxygen atoms in total. The van der Waals surface area contributed by atoms with Gasteiger partial charge in [0.25, 0.3) is 5.91 Å². The summed E-state index contributed by atoms with van der Waals surface area (Å²) in [5, 5.41) is 0.597. The van der Waals surface area contributed by atoms with E-state index in [0.29, 0.717) is 15.6 Å². The lowest BCUT2D eigenvalue weighted by molar-refractivity contribution is -0.113. The first kappa shape index (κ1) is 18.2. The van der Waals surface area contributed by atoms with Gasteiger partial charge < -0.3 is 9.97 Å². The minimum absolute atomic E-state index is 0.136. The molecule has 146 valence electrons. The molecule has 1 amide bonds. The van der Waals surface area contributed by atoms with E-state index < -0.39 is 0 Å². The monoisotopic (exact) mass is 412 g/mol. The highest BCUT2D eigenvalue weighted by atomic mass is 32.2. The van der Waals surface area contributed by atoms with Gasteiger partial charge in [-0.2, -0.15) is 0 Å². The molecular formula is C23H16N4O2S. The number of carbonyl (C=O) groups is 1. The van der Waals surface area contributed by atoms with Crippen LogP contribution in [0.4, 0.5) is 11.4 Å². The van der Waals surface area contributed by atoms with Gasteiger partial charge in [-0.3, -0.25) is 9.69 Å². The van der Waals surface area contributed by atoms with Gasteiger partial charge in [0.1, 0.15) is 0 Å². The molecule has 30 heavy (non-hydrogen) atoms. The molecule has 7 heteroatoms. The van der Waals surface area contributed by atoms with Crippen LogP contribution in [0.3, 0.4) is 0 Å². The number of rotatable bonds is 3. The fraction of sp³-hybridized carbons (Fsp3) is 0. The number of anilines is 1. The number of aromatic nitrogens is 2. The maximum Gasteiger partial charge on any atom is 0.323 e. The molecule has 0 aliphatic carbocycles. The Bertz CT molecular complexity index is 1350. The number of thioether (sulfide) groups is 1. The van der Waals surface area contributed by atoms with Gasteiger partial charge in [0.2, 0.25) is 0 Å². The number of imidazole rings is 1. The van der Waals surface area contributed by atoms with Crippen LogP contribution in [-0.2, 0) is 4.79 Å². The SMILES string of the molecule is O=C1/C(=C/c2ccc3[nH]c(=O)[nH]c3c2)S/C(=N\c2ccccc2)N1c1ccccc1. The number of carbonyl (C=O) groups excluding carboxylic acids is 1. The Hall–Kier alpha value is -3.84. The summed E-state index contributed by atoms with van der Waals surface area (Å²) in [6.45, 7) is 0. The Morgan fingerprint density at radius 1 is 0.833 bits per heavy atom. The average Bonchev–Trinajstić information content (AvgIpc) is 3.27. The van der Waals surface area contributed by atoms with Gasteiger partial charge >= 0.3 is 5.69 Å². The second-order valence-corrected chi connectivity index (χ2v) is 7.71. The predicted octanol–water partition coefficient (Wildman–Crippen LogP) is 4.66. The molecule has 4 aromatic rings. The molecule has 3 aromatic carbocycles. The molecule has 1 saturated heterocycles. The topological polar surface area (TPSA) is 81.3 Å². The van der Waals surface area contributed by atoms with Gasteiger partial charge in [-0.25, -0.2) is 9.79 Å². The second kappa shape index (κ2) is 7.53. The first-order valence-electron chi connectivity index (χ1n) is 9.32. The maximum atomic E-state index is 13.3. The van der Waals surface area contributed by atoms with Gasteiger partial charge in [0.05, 0.1) is 27.3 Å². The van der Waals surface area contributed by atoms with E-state index in [4.69, 9.17) is 4.99 Å². The highest BCUT2D eigenvalue weighted by Gasteiger charge is 2.34. The summed E-state index contributed by atoms with van der Waals surface area (Å²) >= 11 is 1.33. The molecule has 1 aliphatic heterocycles. The maximum absolute atomic E-state index is 13.3. The van der Waals surface area contributed by atoms with E-state index in [1.54, 1.807) is 4.90 Å². The van der Waals surface area contributed by atoms with Crippen LogP contribution in [0.2, 0.25) is 0 Å². The Morgan fingerprint density at radius 2 is 1.53 bits per heavy atom. The molecule has 0 saturated carbocycles. The summed E-state index contributed by atoms with van der Waals surface area (Å²) in [7, 11) is 0. The van der Waals surface area contributed by atoms with Gasteiger partial charge in [-0.15, -0.1) is 0 Å². The van der Waals surface area contributed by atoms with Crippen molar-refractivity contribution in [1.29, 1.82) is 0 Å². The number of aromatic amines is 2. The highest BCUT2D eigenvalue weighted by Crippen LogP contribution is 2.37. The highest BCUT2D eigenvalue weighted by molar-refractivity contribution is 8.19. The number of amidine groups is 1. The number of nitrogens with one attached hydrogen (secondary N) is 2. The molecule has 1 aliphatic rings. The first-order chi connectivity index (χ1) is 14.7. The number of amides is 1. The van der Waals surface area contributed by atoms with Crippen LogP contribution in [0.25, 0.3) is 17.1 Å². The average molecular weight is 412 g/mol. The predicted molar refractivity (Wildman–Crippen MR) is 122 cm³/mol. The summed E-state index contributed by atoms with van der Waals surface area (Å²) in [4.78, 5) is 37.1. The number of H-pyrrole nitrogens is 2. The lowest BCUT2D eigenvalue weighted by Crippen LogP contribution is -2.28. The Morgan fingerprint density at radius 3 is 2.30 bits per heavy atom. The van der Waals surface area contributed by atoms with Crippen LogP contribution in [0.1, 0.15) is 5.56 Å². The van der Waals surface area contributed by atoms with Crippen LogP contribution < -0.4 is 10.6 Å². The smallest absolute Gasteiger partial charge is 0.306 e. The molecule has 2 N–H and O–H groups in total. The van der Waals surface area contributed by atoms with E-state index in [9.17, 15) is 9.59 Å². The van der Waals surface area contributed by atoms with Crippen molar-refractivity contribution in [3.05, 3.63) is 99.8 Å². The van der Waals surface area contributed by atoms with Crippen LogP contribution in [0, 0.1) is 0 Å². The Labute approximate surface area is 176 Å². The standard InChI is InChI=1S/C23H16N4O2S/c28-21-20(14-15-11-12-18-19(13-15)26-22(29)25-18)30-23(24-16-7-3-1-4-8-16)27(21)17-9-5-2-6-10-17/h1-14H,(H2,25,26,29)/b20-14-,24-23-. The number of hydrogen-bond donors (Lipinski definition) is 2. The third-order valence-electron chi connectivity index (χ3n) is 4.64. The number of benzene rings is 3. The minimum atomic E-state index is -0.256. The van der Waals surface area contributed by atoms with E-state index in [1.165, 1.54) is 11.8 Å². The van der Waals surface area contributed by atoms with Gasteiger partial charge in [0, 0.05) is 0 Å². The van der Waals surface area contributed by atoms with Gasteiger partial charge in [-0.1, -0.05) is 42.5 Å². The molecule has 5 rings (SSSR count). The van der Waals surface area contributed by atoms with Crippen LogP contribution in [-0.4, -0.2) is 21.0 Å². The van der Waals surface area contributed by atoms with Crippen molar-refractivity contribution in [3.8, 4) is 0 Å². The van der Waals surface area contributed by atoms with E-state index in [2.05, 4.69) is 9.97 Å². The van der Waals surface area contributed by atoms with E-state index >= 15 is 0 Å². The molecular weight excluding hydrogens is 396 g/mol. The zero-order valence-electron chi connectivity index (χ0n) is 15.7. The third-order valence-corrected chi connectivity index (χ3v) is 5.61. The van der Waals surface area contributed by atoms with Crippen molar-refractivity contribution >= 4 is 51.3 Å². The first-order valence-corrected chi connectivity index (χ1v) is 10.1. The Kier molecular flexibility index (Phi) is 4.57. The zero-order valence-corrected chi connectivity index (χ0v) is 16.5. The quantitative estimate of drug-likeness (QED) is 0.480. The number of para-hydroxylation sites is 2. The fourth-order valence-corrected chi connectivity index (χ4v) is 4.26. The number of aliphatic imine (C=N–C) groups is 1. The van der Waals surface area contributed by atoms with Crippen molar-refractivity contribution < 1.29 is 4.79 Å². The van der Waals surface area contributed by atoms with Gasteiger partial charge in [-0.05, 0) is 59.8 Å². The largest absolute Gasteiger partial charge is 0.323 e. The van der Waals surface area contributed by atoms with Crippen LogP contribution in [0.15, 0.2) is 93.6 Å². The summed E-state index contributed by atoms with van der Waals surface area (Å²) in [5.41, 5.74) is 3.53. The molecule has 0 unspecified atom stereocenters. The Balaban J connectivity index is 1.57. The van der Waals surface area contributed by atoms with E-state index in [0.717, 1.165) is 22.5 Å². The molecule has 0 bridgehead atoms. The normalized spacial score (nSPS) is 16.8. The molecule has 0 spiro atoms. The van der Waals surface area contributed by atoms with E-state index in [-0.39, 0.29) is 11.6 Å². The van der Waals surface area contributed by atoms with Crippen molar-refractivity contribution in [3.63, 3.8) is 0 Å². The lowest BCUT2D eigenvalue weighted by Gasteiger charge is -2.15. The van der Waals surface area contributed by atoms with Crippen molar-refractivity contribution in [2.24, 2.45) is 4.99 Å². The lowest BCUT2D eigenvalue weighted by atomic mass is 10.2. The van der Waals surface area contributed by atoms with Crippen molar-refractivity contribution in [1.82, 2.24) is 9.97 Å². The molecule has 1 fully saturated rings. The van der Waals surface area contributed by atoms with E-state index in [1.807, 2.05) is 84.9 Å².